The smallest absolute Gasteiger partial charge is 0.264 e. The first kappa shape index (κ1) is 14.9. The third-order valence-corrected chi connectivity index (χ3v) is 3.67. The summed E-state index contributed by atoms with van der Waals surface area (Å²) in [4.78, 5) is 16.0. The van der Waals surface area contributed by atoms with Crippen LogP contribution >= 0.6 is 0 Å². The number of rotatable bonds is 5. The van der Waals surface area contributed by atoms with Crippen molar-refractivity contribution < 1.29 is 17.7 Å². The summed E-state index contributed by atoms with van der Waals surface area (Å²) in [6.45, 7) is 4.97. The fraction of sp³-hybridized carbons (Fsp3) is 0.154. The van der Waals surface area contributed by atoms with Crippen LogP contribution < -0.4 is 4.72 Å². The Hall–Kier alpha value is -2.48. The van der Waals surface area contributed by atoms with Crippen LogP contribution in [0, 0.1) is 6.92 Å². The van der Waals surface area contributed by atoms with Gasteiger partial charge in [-0.1, -0.05) is 23.4 Å². The third kappa shape index (κ3) is 3.76. The van der Waals surface area contributed by atoms with Gasteiger partial charge < -0.3 is 4.52 Å². The first-order chi connectivity index (χ1) is 9.91. The number of benzene rings is 1. The van der Waals surface area contributed by atoms with Gasteiger partial charge in [0.1, 0.15) is 0 Å². The van der Waals surface area contributed by atoms with E-state index in [9.17, 15) is 13.2 Å². The van der Waals surface area contributed by atoms with Gasteiger partial charge in [0.05, 0.1) is 5.75 Å². The molecule has 0 aliphatic carbocycles. The van der Waals surface area contributed by atoms with Crippen LogP contribution in [0.2, 0.25) is 0 Å². The van der Waals surface area contributed by atoms with E-state index in [1.807, 2.05) is 4.72 Å². The van der Waals surface area contributed by atoms with Gasteiger partial charge in [-0.05, 0) is 12.1 Å². The lowest BCUT2D eigenvalue weighted by molar-refractivity contribution is 0.0981. The minimum absolute atomic E-state index is 0.183. The summed E-state index contributed by atoms with van der Waals surface area (Å²) >= 11 is 0. The topological polar surface area (TPSA) is 102 Å². The van der Waals surface area contributed by atoms with Crippen LogP contribution in [0.1, 0.15) is 16.2 Å². The highest BCUT2D eigenvalue weighted by Crippen LogP contribution is 2.17. The van der Waals surface area contributed by atoms with Crippen LogP contribution in [-0.2, 0) is 10.0 Å². The molecule has 0 unspecified atom stereocenters. The van der Waals surface area contributed by atoms with E-state index in [1.165, 1.54) is 18.2 Å². The van der Waals surface area contributed by atoms with Crippen LogP contribution in [0.15, 0.2) is 41.4 Å². The highest BCUT2D eigenvalue weighted by Gasteiger charge is 2.15. The van der Waals surface area contributed by atoms with Gasteiger partial charge in [-0.25, -0.2) is 13.1 Å². The molecule has 0 bridgehead atoms. The monoisotopic (exact) mass is 307 g/mol. The van der Waals surface area contributed by atoms with E-state index in [0.717, 1.165) is 0 Å². The molecule has 0 spiro atoms. The summed E-state index contributed by atoms with van der Waals surface area (Å²) in [5.41, 5.74) is 0.739. The van der Waals surface area contributed by atoms with Crippen molar-refractivity contribution in [1.29, 1.82) is 0 Å². The van der Waals surface area contributed by atoms with E-state index in [4.69, 9.17) is 4.52 Å². The number of amides is 1. The van der Waals surface area contributed by atoms with Crippen molar-refractivity contribution in [3.8, 4) is 11.4 Å². The van der Waals surface area contributed by atoms with Gasteiger partial charge in [0.25, 0.3) is 5.91 Å². The predicted octanol–water partition coefficient (Wildman–Crippen LogP) is 1.29. The summed E-state index contributed by atoms with van der Waals surface area (Å²) < 4.78 is 29.9. The molecule has 0 atom stereocenters. The molecule has 2 rings (SSSR count). The lowest BCUT2D eigenvalue weighted by Gasteiger charge is -2.05. The van der Waals surface area contributed by atoms with Crippen LogP contribution in [-0.4, -0.2) is 30.2 Å². The van der Waals surface area contributed by atoms with Gasteiger partial charge in [0, 0.05) is 18.1 Å². The fourth-order valence-electron chi connectivity index (χ4n) is 1.61. The Labute approximate surface area is 121 Å². The maximum atomic E-state index is 11.9. The lowest BCUT2D eigenvalue weighted by Crippen LogP contribution is -2.31. The van der Waals surface area contributed by atoms with Crippen LogP contribution in [0.3, 0.4) is 0 Å². The molecule has 110 valence electrons. The van der Waals surface area contributed by atoms with Crippen molar-refractivity contribution in [1.82, 2.24) is 14.9 Å². The Bertz CT molecular complexity index is 780. The van der Waals surface area contributed by atoms with Crippen molar-refractivity contribution in [2.75, 3.05) is 5.75 Å². The SMILES string of the molecule is C=CCS(=O)(=O)NC(=O)c1cccc(-c2noc(C)n2)c1. The Morgan fingerprint density at radius 2 is 2.24 bits per heavy atom. The molecule has 0 saturated carbocycles. The maximum Gasteiger partial charge on any atom is 0.264 e. The maximum absolute atomic E-state index is 11.9. The second-order valence-electron chi connectivity index (χ2n) is 4.22. The zero-order valence-corrected chi connectivity index (χ0v) is 12.1. The second-order valence-corrected chi connectivity index (χ2v) is 5.99. The average molecular weight is 307 g/mol. The molecule has 1 heterocycles. The molecular weight excluding hydrogens is 294 g/mol. The molecule has 0 fully saturated rings. The van der Waals surface area contributed by atoms with Gasteiger partial charge in [-0.15, -0.1) is 6.58 Å². The molecule has 0 radical (unpaired) electrons. The number of carbonyl (C=O) groups excluding carboxylic acids is 1. The normalized spacial score (nSPS) is 11.1. The molecule has 1 amide bonds. The van der Waals surface area contributed by atoms with Crippen molar-refractivity contribution in [3.63, 3.8) is 0 Å². The summed E-state index contributed by atoms with van der Waals surface area (Å²) in [5, 5.41) is 3.74. The molecule has 1 aromatic heterocycles. The number of nitrogens with one attached hydrogen (secondary N) is 1. The van der Waals surface area contributed by atoms with Gasteiger partial charge in [-0.3, -0.25) is 4.79 Å². The highest BCUT2D eigenvalue weighted by molar-refractivity contribution is 7.90. The third-order valence-electron chi connectivity index (χ3n) is 2.50. The number of hydrogen-bond acceptors (Lipinski definition) is 6. The molecule has 0 aliphatic heterocycles. The standard InChI is InChI=1S/C13H13N3O4S/c1-3-7-21(18,19)16-13(17)11-6-4-5-10(8-11)12-14-9(2)20-15-12/h3-6,8H,1,7H2,2H3,(H,16,17). The average Bonchev–Trinajstić information content (AvgIpc) is 2.85. The van der Waals surface area contributed by atoms with Gasteiger partial charge in [-0.2, -0.15) is 4.98 Å². The Morgan fingerprint density at radius 3 is 2.86 bits per heavy atom. The first-order valence-electron chi connectivity index (χ1n) is 5.98. The van der Waals surface area contributed by atoms with Crippen LogP contribution in [0.25, 0.3) is 11.4 Å². The quantitative estimate of drug-likeness (QED) is 0.835. The minimum Gasteiger partial charge on any atom is -0.339 e. The Morgan fingerprint density at radius 1 is 1.48 bits per heavy atom. The fourth-order valence-corrected chi connectivity index (χ4v) is 2.41. The van der Waals surface area contributed by atoms with Crippen molar-refractivity contribution >= 4 is 15.9 Å². The van der Waals surface area contributed by atoms with E-state index in [2.05, 4.69) is 16.7 Å². The summed E-state index contributed by atoms with van der Waals surface area (Å²) in [7, 11) is -3.72. The predicted molar refractivity (Wildman–Crippen MR) is 75.9 cm³/mol. The molecule has 21 heavy (non-hydrogen) atoms. The zero-order valence-electron chi connectivity index (χ0n) is 11.2. The molecular formula is C13H13N3O4S. The molecule has 1 aromatic carbocycles. The molecule has 2 aromatic rings. The van der Waals surface area contributed by atoms with E-state index < -0.39 is 15.9 Å². The Balaban J connectivity index is 2.25. The summed E-state index contributed by atoms with van der Waals surface area (Å²) in [6.07, 6.45) is 1.20. The number of sulfonamides is 1. The number of carbonyl (C=O) groups is 1. The molecule has 0 aliphatic rings. The number of aryl methyl sites for hydroxylation is 1. The number of aromatic nitrogens is 2. The molecule has 8 heteroatoms. The largest absolute Gasteiger partial charge is 0.339 e. The van der Waals surface area contributed by atoms with E-state index >= 15 is 0 Å². The minimum atomic E-state index is -3.72. The molecule has 7 nitrogen and oxygen atoms in total. The van der Waals surface area contributed by atoms with Gasteiger partial charge in [0.2, 0.25) is 21.7 Å². The summed E-state index contributed by atoms with van der Waals surface area (Å²) in [5.74, 6) is -0.328. The van der Waals surface area contributed by atoms with E-state index in [-0.39, 0.29) is 11.3 Å². The van der Waals surface area contributed by atoms with Gasteiger partial charge >= 0.3 is 0 Å². The zero-order chi connectivity index (χ0) is 15.5. The Kier molecular flexibility index (Phi) is 4.18. The molecule has 1 N–H and O–H groups in total. The van der Waals surface area contributed by atoms with Crippen molar-refractivity contribution in [3.05, 3.63) is 48.4 Å². The number of hydrogen-bond donors (Lipinski definition) is 1. The van der Waals surface area contributed by atoms with Crippen LogP contribution in [0.4, 0.5) is 0 Å². The van der Waals surface area contributed by atoms with Crippen molar-refractivity contribution in [2.45, 2.75) is 6.92 Å². The van der Waals surface area contributed by atoms with Gasteiger partial charge in [0.15, 0.2) is 0 Å². The summed E-state index contributed by atoms with van der Waals surface area (Å²) in [6, 6.07) is 6.29. The lowest BCUT2D eigenvalue weighted by atomic mass is 10.1. The first-order valence-corrected chi connectivity index (χ1v) is 7.63. The highest BCUT2D eigenvalue weighted by atomic mass is 32.2. The second kappa shape index (κ2) is 5.88. The number of nitrogens with zero attached hydrogens (tertiary/aromatic N) is 2. The van der Waals surface area contributed by atoms with E-state index in [0.29, 0.717) is 17.3 Å². The van der Waals surface area contributed by atoms with Crippen molar-refractivity contribution in [2.24, 2.45) is 0 Å². The van der Waals surface area contributed by atoms with Crippen LogP contribution in [0.5, 0.6) is 0 Å². The molecule has 0 saturated heterocycles. The van der Waals surface area contributed by atoms with E-state index in [1.54, 1.807) is 19.1 Å².